The minimum atomic E-state index is -0.846. The summed E-state index contributed by atoms with van der Waals surface area (Å²) in [6, 6.07) is 0. The lowest BCUT2D eigenvalue weighted by Gasteiger charge is -2.18. The minimum absolute atomic E-state index is 0.133. The molecule has 83 heavy (non-hydrogen) atoms. The maximum atomic E-state index is 12.9. The first-order chi connectivity index (χ1) is 41.0. The molecule has 0 aromatic carbocycles. The molecule has 0 saturated carbocycles. The van der Waals surface area contributed by atoms with Crippen molar-refractivity contribution in [1.82, 2.24) is 0 Å². The van der Waals surface area contributed by atoms with Gasteiger partial charge in [0, 0.05) is 19.3 Å². The van der Waals surface area contributed by atoms with Crippen molar-refractivity contribution in [3.63, 3.8) is 0 Å². The summed E-state index contributed by atoms with van der Waals surface area (Å²) in [6.45, 7) is 6.27. The predicted molar refractivity (Wildman–Crippen MR) is 361 cm³/mol. The number of hydrogen-bond acceptors (Lipinski definition) is 6. The smallest absolute Gasteiger partial charge is 0.306 e. The van der Waals surface area contributed by atoms with Crippen LogP contribution in [0, 0.1) is 0 Å². The lowest BCUT2D eigenvalue weighted by molar-refractivity contribution is -0.167. The van der Waals surface area contributed by atoms with Gasteiger partial charge in [0.05, 0.1) is 0 Å². The number of unbranched alkanes of at least 4 members (excludes halogenated alkanes) is 11. The number of carbonyl (C=O) groups is 3. The van der Waals surface area contributed by atoms with E-state index < -0.39 is 6.10 Å². The van der Waals surface area contributed by atoms with Gasteiger partial charge in [-0.1, -0.05) is 259 Å². The summed E-state index contributed by atoms with van der Waals surface area (Å²) in [5.74, 6) is -1.06. The SMILES string of the molecule is CC/C=C\C/C=C\C/C=C\C/C=C\C/C=C\C/C=C\C/C=C\C/C=C\C/C=C\CCCC(=O)OCC(COC(=O)CCCCCCC/C=C\C/C=C\CCCCC)OC(=O)CCCC/C=C\C/C=C\C/C=C\C/C=C\C/C=C\C/C=C\CC. The summed E-state index contributed by atoms with van der Waals surface area (Å²) >= 11 is 0. The number of ether oxygens (including phenoxy) is 3. The van der Waals surface area contributed by atoms with Gasteiger partial charge >= 0.3 is 17.9 Å². The summed E-state index contributed by atoms with van der Waals surface area (Å²) in [5.41, 5.74) is 0. The molecule has 0 fully saturated rings. The van der Waals surface area contributed by atoms with Crippen LogP contribution < -0.4 is 0 Å². The maximum Gasteiger partial charge on any atom is 0.306 e. The molecule has 0 aromatic heterocycles. The first kappa shape index (κ1) is 77.0. The molecule has 0 heterocycles. The minimum Gasteiger partial charge on any atom is -0.462 e. The molecule has 0 aromatic rings. The fraction of sp³-hybridized carbons (Fsp3) is 0.519. The largest absolute Gasteiger partial charge is 0.462 e. The van der Waals surface area contributed by atoms with Gasteiger partial charge in [-0.15, -0.1) is 0 Å². The van der Waals surface area contributed by atoms with Crippen LogP contribution in [-0.4, -0.2) is 37.2 Å². The molecular weight excluding hydrogens is 1020 g/mol. The van der Waals surface area contributed by atoms with Gasteiger partial charge in [-0.25, -0.2) is 0 Å². The van der Waals surface area contributed by atoms with Gasteiger partial charge in [0.1, 0.15) is 13.2 Å². The summed E-state index contributed by atoms with van der Waals surface area (Å²) in [7, 11) is 0. The van der Waals surface area contributed by atoms with E-state index in [1.165, 1.54) is 25.7 Å². The molecule has 6 heteroatoms. The lowest BCUT2D eigenvalue weighted by atomic mass is 10.1. The summed E-state index contributed by atoms with van der Waals surface area (Å²) in [4.78, 5) is 38.3. The van der Waals surface area contributed by atoms with Crippen LogP contribution >= 0.6 is 0 Å². The Hall–Kier alpha value is -6.01. The Kier molecular flexibility index (Phi) is 63.5. The van der Waals surface area contributed by atoms with Crippen molar-refractivity contribution in [1.29, 1.82) is 0 Å². The molecule has 1 unspecified atom stereocenters. The van der Waals surface area contributed by atoms with Crippen LogP contribution in [0.2, 0.25) is 0 Å². The summed E-state index contributed by atoms with van der Waals surface area (Å²) in [6.07, 6.45) is 105. The highest BCUT2D eigenvalue weighted by Gasteiger charge is 2.19. The third-order valence-corrected chi connectivity index (χ3v) is 12.8. The van der Waals surface area contributed by atoms with E-state index in [0.717, 1.165) is 161 Å². The standard InChI is InChI=1S/C77H116O6/c1-4-7-10-13-16-19-22-25-28-30-32-34-35-36-37-38-39-40-41-43-44-46-49-52-55-58-61-64-67-70-76(79)82-73-74(72-81-75(78)69-66-63-60-57-54-51-48-27-24-21-18-15-12-9-6-3)83-77(80)71-68-65-62-59-56-53-50-47-45-42-33-31-29-26-23-20-17-14-11-8-5-2/h7-8,10-11,16-21,25-29,32-34,36-37,39-40,42-44,47-50,52,56,58-59,61,74H,4-6,9,12-15,22-24,30-31,35,38,41,45-46,51,53-55,57,60,62-73H2,1-3H3/b10-7-,11-8-,19-16-,20-17-,21-18-,28-25-,29-26-,34-32-,37-36-,40-39-,42-33-,44-43-,48-27-,50-47-,52-49-,59-56-,61-58-. The molecule has 460 valence electrons. The Morgan fingerprint density at radius 2 is 0.482 bits per heavy atom. The van der Waals surface area contributed by atoms with Crippen LogP contribution in [0.15, 0.2) is 207 Å². The molecule has 0 aliphatic heterocycles. The maximum absolute atomic E-state index is 12.9. The zero-order valence-corrected chi connectivity index (χ0v) is 52.6. The Bertz CT molecular complexity index is 2030. The first-order valence-electron chi connectivity index (χ1n) is 32.6. The zero-order valence-electron chi connectivity index (χ0n) is 52.6. The number of esters is 3. The molecule has 6 nitrogen and oxygen atoms in total. The quantitative estimate of drug-likeness (QED) is 0.0261. The molecule has 0 N–H and O–H groups in total. The molecule has 0 amide bonds. The van der Waals surface area contributed by atoms with E-state index in [0.29, 0.717) is 19.3 Å². The molecular formula is C77H116O6. The van der Waals surface area contributed by atoms with E-state index in [1.807, 2.05) is 0 Å². The van der Waals surface area contributed by atoms with Crippen LogP contribution in [0.4, 0.5) is 0 Å². The molecule has 0 aliphatic rings. The number of allylic oxidation sites excluding steroid dienone is 34. The molecule has 0 saturated heterocycles. The highest BCUT2D eigenvalue weighted by atomic mass is 16.6. The number of rotatable bonds is 56. The second-order valence-corrected chi connectivity index (χ2v) is 20.5. The molecule has 0 aliphatic carbocycles. The topological polar surface area (TPSA) is 78.9 Å². The van der Waals surface area contributed by atoms with Crippen LogP contribution in [0.1, 0.15) is 239 Å². The predicted octanol–water partition coefficient (Wildman–Crippen LogP) is 22.8. The van der Waals surface area contributed by atoms with E-state index in [1.54, 1.807) is 0 Å². The van der Waals surface area contributed by atoms with E-state index in [-0.39, 0.29) is 44.0 Å². The molecule has 0 rings (SSSR count). The van der Waals surface area contributed by atoms with Crippen molar-refractivity contribution in [2.75, 3.05) is 13.2 Å². The van der Waals surface area contributed by atoms with Gasteiger partial charge < -0.3 is 14.2 Å². The number of carbonyl (C=O) groups excluding carboxylic acids is 3. The van der Waals surface area contributed by atoms with E-state index in [9.17, 15) is 14.4 Å². The molecule has 1 atom stereocenters. The van der Waals surface area contributed by atoms with E-state index >= 15 is 0 Å². The Balaban J connectivity index is 4.59. The van der Waals surface area contributed by atoms with Crippen molar-refractivity contribution >= 4 is 17.9 Å². The fourth-order valence-corrected chi connectivity index (χ4v) is 7.95. The summed E-state index contributed by atoms with van der Waals surface area (Å²) < 4.78 is 16.8. The monoisotopic (exact) mass is 1140 g/mol. The molecule has 0 bridgehead atoms. The normalized spacial score (nSPS) is 13.5. The second-order valence-electron chi connectivity index (χ2n) is 20.5. The average molecular weight is 1140 g/mol. The number of hydrogen-bond donors (Lipinski definition) is 0. The van der Waals surface area contributed by atoms with Crippen molar-refractivity contribution in [3.8, 4) is 0 Å². The van der Waals surface area contributed by atoms with Gasteiger partial charge in [-0.2, -0.15) is 0 Å². The third kappa shape index (κ3) is 66.7. The Morgan fingerprint density at radius 1 is 0.253 bits per heavy atom. The van der Waals surface area contributed by atoms with Gasteiger partial charge in [-0.3, -0.25) is 14.4 Å². The van der Waals surface area contributed by atoms with Gasteiger partial charge in [0.15, 0.2) is 6.10 Å². The van der Waals surface area contributed by atoms with Gasteiger partial charge in [0.25, 0.3) is 0 Å². The lowest BCUT2D eigenvalue weighted by Crippen LogP contribution is -2.30. The third-order valence-electron chi connectivity index (χ3n) is 12.8. The van der Waals surface area contributed by atoms with Crippen LogP contribution in [0.25, 0.3) is 0 Å². The summed E-state index contributed by atoms with van der Waals surface area (Å²) in [5, 5.41) is 0. The second kappa shape index (κ2) is 68.5. The van der Waals surface area contributed by atoms with Crippen molar-refractivity contribution in [2.24, 2.45) is 0 Å². The van der Waals surface area contributed by atoms with Crippen molar-refractivity contribution in [2.45, 2.75) is 245 Å². The fourth-order valence-electron chi connectivity index (χ4n) is 7.95. The molecule has 0 radical (unpaired) electrons. The van der Waals surface area contributed by atoms with Crippen LogP contribution in [0.5, 0.6) is 0 Å². The Labute approximate surface area is 509 Å². The van der Waals surface area contributed by atoms with Crippen molar-refractivity contribution < 1.29 is 28.6 Å². The van der Waals surface area contributed by atoms with Crippen LogP contribution in [-0.2, 0) is 28.6 Å². The first-order valence-corrected chi connectivity index (χ1v) is 32.6. The zero-order chi connectivity index (χ0) is 59.9. The average Bonchev–Trinajstić information content (AvgIpc) is 3.49. The Morgan fingerprint density at radius 3 is 0.807 bits per heavy atom. The van der Waals surface area contributed by atoms with Crippen molar-refractivity contribution in [3.05, 3.63) is 207 Å². The van der Waals surface area contributed by atoms with Gasteiger partial charge in [0.2, 0.25) is 0 Å². The van der Waals surface area contributed by atoms with E-state index in [4.69, 9.17) is 14.2 Å². The highest BCUT2D eigenvalue weighted by molar-refractivity contribution is 5.71. The van der Waals surface area contributed by atoms with Crippen LogP contribution in [0.3, 0.4) is 0 Å². The highest BCUT2D eigenvalue weighted by Crippen LogP contribution is 2.12. The molecule has 0 spiro atoms. The van der Waals surface area contributed by atoms with Gasteiger partial charge in [-0.05, 0) is 167 Å². The van der Waals surface area contributed by atoms with E-state index in [2.05, 4.69) is 227 Å².